The van der Waals surface area contributed by atoms with E-state index in [4.69, 9.17) is 10.5 Å². The second-order valence-corrected chi connectivity index (χ2v) is 4.81. The summed E-state index contributed by atoms with van der Waals surface area (Å²) in [6.45, 7) is 2.78. The summed E-state index contributed by atoms with van der Waals surface area (Å²) >= 11 is 0. The molecule has 0 atom stereocenters. The molecule has 110 valence electrons. The van der Waals surface area contributed by atoms with Gasteiger partial charge < -0.3 is 15.8 Å². The maximum Gasteiger partial charge on any atom is 0.255 e. The lowest BCUT2D eigenvalue weighted by Crippen LogP contribution is -2.12. The van der Waals surface area contributed by atoms with Crippen LogP contribution >= 0.6 is 0 Å². The zero-order valence-corrected chi connectivity index (χ0v) is 12.1. The van der Waals surface area contributed by atoms with Gasteiger partial charge in [-0.3, -0.25) is 4.79 Å². The minimum absolute atomic E-state index is 0.166. The highest BCUT2D eigenvalue weighted by Gasteiger charge is 2.07. The van der Waals surface area contributed by atoms with Gasteiger partial charge in [-0.15, -0.1) is 0 Å². The van der Waals surface area contributed by atoms with E-state index in [-0.39, 0.29) is 5.91 Å². The lowest BCUT2D eigenvalue weighted by atomic mass is 10.2. The van der Waals surface area contributed by atoms with Crippen LogP contribution in [-0.2, 0) is 0 Å². The van der Waals surface area contributed by atoms with Crippen molar-refractivity contribution in [2.45, 2.75) is 19.8 Å². The monoisotopic (exact) mass is 284 g/mol. The van der Waals surface area contributed by atoms with Gasteiger partial charge in [0.05, 0.1) is 6.61 Å². The predicted molar refractivity (Wildman–Crippen MR) is 85.7 cm³/mol. The molecule has 2 aromatic rings. The normalized spacial score (nSPS) is 10.1. The van der Waals surface area contributed by atoms with E-state index < -0.39 is 0 Å². The first kappa shape index (κ1) is 14.9. The molecular formula is C17H20N2O2. The van der Waals surface area contributed by atoms with Crippen molar-refractivity contribution in [3.8, 4) is 5.75 Å². The van der Waals surface area contributed by atoms with E-state index in [0.717, 1.165) is 12.8 Å². The van der Waals surface area contributed by atoms with Crippen LogP contribution < -0.4 is 15.8 Å². The van der Waals surface area contributed by atoms with E-state index in [2.05, 4.69) is 12.2 Å². The molecule has 0 radical (unpaired) electrons. The van der Waals surface area contributed by atoms with Crippen LogP contribution in [0.4, 0.5) is 11.4 Å². The molecule has 0 aliphatic rings. The van der Waals surface area contributed by atoms with Crippen molar-refractivity contribution < 1.29 is 9.53 Å². The van der Waals surface area contributed by atoms with Gasteiger partial charge in [-0.1, -0.05) is 19.4 Å². The second kappa shape index (κ2) is 7.33. The topological polar surface area (TPSA) is 64.3 Å². The smallest absolute Gasteiger partial charge is 0.255 e. The summed E-state index contributed by atoms with van der Waals surface area (Å²) in [5.74, 6) is 0.550. The molecule has 0 spiro atoms. The van der Waals surface area contributed by atoms with Crippen molar-refractivity contribution in [3.05, 3.63) is 54.1 Å². The van der Waals surface area contributed by atoms with Crippen LogP contribution in [0.5, 0.6) is 5.75 Å². The number of ether oxygens (including phenoxy) is 1. The zero-order valence-electron chi connectivity index (χ0n) is 12.1. The first-order chi connectivity index (χ1) is 10.2. The Labute approximate surface area is 124 Å². The molecule has 0 fully saturated rings. The Morgan fingerprint density at radius 3 is 2.67 bits per heavy atom. The lowest BCUT2D eigenvalue weighted by molar-refractivity contribution is 0.102. The standard InChI is InChI=1S/C17H20N2O2/c1-2-3-11-21-16-6-4-5-13(12-16)17(20)19-15-9-7-14(18)8-10-15/h4-10,12H,2-3,11,18H2,1H3,(H,19,20). The fraction of sp³-hybridized carbons (Fsp3) is 0.235. The molecule has 0 bridgehead atoms. The van der Waals surface area contributed by atoms with Crippen LogP contribution in [0.2, 0.25) is 0 Å². The van der Waals surface area contributed by atoms with Crippen LogP contribution in [0.25, 0.3) is 0 Å². The third-order valence-corrected chi connectivity index (χ3v) is 3.03. The number of benzene rings is 2. The number of nitrogens with two attached hydrogens (primary N) is 1. The maximum absolute atomic E-state index is 12.2. The van der Waals surface area contributed by atoms with Crippen LogP contribution in [0.1, 0.15) is 30.1 Å². The number of amides is 1. The minimum Gasteiger partial charge on any atom is -0.494 e. The van der Waals surface area contributed by atoms with Crippen molar-refractivity contribution in [2.24, 2.45) is 0 Å². The molecule has 2 aromatic carbocycles. The predicted octanol–water partition coefficient (Wildman–Crippen LogP) is 3.70. The van der Waals surface area contributed by atoms with Crippen molar-refractivity contribution >= 4 is 17.3 Å². The Morgan fingerprint density at radius 2 is 1.95 bits per heavy atom. The van der Waals surface area contributed by atoms with Gasteiger partial charge in [-0.05, 0) is 48.9 Å². The summed E-state index contributed by atoms with van der Waals surface area (Å²) < 4.78 is 5.61. The first-order valence-corrected chi connectivity index (χ1v) is 7.09. The molecule has 0 saturated carbocycles. The molecule has 0 aliphatic carbocycles. The Morgan fingerprint density at radius 1 is 1.19 bits per heavy atom. The number of carbonyl (C=O) groups excluding carboxylic acids is 1. The summed E-state index contributed by atoms with van der Waals surface area (Å²) in [4.78, 5) is 12.2. The third kappa shape index (κ3) is 4.53. The van der Waals surface area contributed by atoms with Crippen molar-refractivity contribution in [1.82, 2.24) is 0 Å². The molecule has 4 heteroatoms. The van der Waals surface area contributed by atoms with E-state index in [1.54, 1.807) is 36.4 Å². The van der Waals surface area contributed by atoms with E-state index in [0.29, 0.717) is 29.3 Å². The van der Waals surface area contributed by atoms with Gasteiger partial charge in [0.25, 0.3) is 5.91 Å². The Kier molecular flexibility index (Phi) is 5.21. The van der Waals surface area contributed by atoms with Crippen molar-refractivity contribution in [1.29, 1.82) is 0 Å². The molecule has 0 saturated heterocycles. The number of carbonyl (C=O) groups is 1. The van der Waals surface area contributed by atoms with Gasteiger partial charge >= 0.3 is 0 Å². The van der Waals surface area contributed by atoms with E-state index in [1.165, 1.54) is 0 Å². The number of hydrogen-bond donors (Lipinski definition) is 2. The first-order valence-electron chi connectivity index (χ1n) is 7.09. The lowest BCUT2D eigenvalue weighted by Gasteiger charge is -2.08. The van der Waals surface area contributed by atoms with Crippen LogP contribution in [0.3, 0.4) is 0 Å². The Hall–Kier alpha value is -2.49. The van der Waals surface area contributed by atoms with Crippen LogP contribution in [-0.4, -0.2) is 12.5 Å². The van der Waals surface area contributed by atoms with Gasteiger partial charge in [-0.25, -0.2) is 0 Å². The molecule has 0 aromatic heterocycles. The average molecular weight is 284 g/mol. The number of hydrogen-bond acceptors (Lipinski definition) is 3. The summed E-state index contributed by atoms with van der Waals surface area (Å²) in [5.41, 5.74) is 7.57. The number of rotatable bonds is 6. The quantitative estimate of drug-likeness (QED) is 0.628. The van der Waals surface area contributed by atoms with E-state index >= 15 is 0 Å². The molecule has 0 unspecified atom stereocenters. The minimum atomic E-state index is -0.166. The zero-order chi connectivity index (χ0) is 15.1. The average Bonchev–Trinajstić information content (AvgIpc) is 2.50. The van der Waals surface area contributed by atoms with Gasteiger partial charge in [0.2, 0.25) is 0 Å². The molecular weight excluding hydrogens is 264 g/mol. The van der Waals surface area contributed by atoms with Crippen LogP contribution in [0, 0.1) is 0 Å². The largest absolute Gasteiger partial charge is 0.494 e. The molecule has 4 nitrogen and oxygen atoms in total. The summed E-state index contributed by atoms with van der Waals surface area (Å²) in [6.07, 6.45) is 2.08. The highest BCUT2D eigenvalue weighted by atomic mass is 16.5. The number of anilines is 2. The summed E-state index contributed by atoms with van der Waals surface area (Å²) in [7, 11) is 0. The molecule has 21 heavy (non-hydrogen) atoms. The number of nitrogens with one attached hydrogen (secondary N) is 1. The number of unbranched alkanes of at least 4 members (excludes halogenated alkanes) is 1. The van der Waals surface area contributed by atoms with Crippen molar-refractivity contribution in [2.75, 3.05) is 17.7 Å². The van der Waals surface area contributed by atoms with Crippen molar-refractivity contribution in [3.63, 3.8) is 0 Å². The van der Waals surface area contributed by atoms with E-state index in [1.807, 2.05) is 12.1 Å². The number of nitrogen functional groups attached to an aromatic ring is 1. The molecule has 2 rings (SSSR count). The highest BCUT2D eigenvalue weighted by molar-refractivity contribution is 6.04. The van der Waals surface area contributed by atoms with Gasteiger partial charge in [0, 0.05) is 16.9 Å². The summed E-state index contributed by atoms with van der Waals surface area (Å²) in [6, 6.07) is 14.2. The second-order valence-electron chi connectivity index (χ2n) is 4.81. The molecule has 0 heterocycles. The molecule has 0 aliphatic heterocycles. The van der Waals surface area contributed by atoms with Gasteiger partial charge in [-0.2, -0.15) is 0 Å². The van der Waals surface area contributed by atoms with E-state index in [9.17, 15) is 4.79 Å². The van der Waals surface area contributed by atoms with Gasteiger partial charge in [0.15, 0.2) is 0 Å². The fourth-order valence-electron chi connectivity index (χ4n) is 1.83. The maximum atomic E-state index is 12.2. The summed E-state index contributed by atoms with van der Waals surface area (Å²) in [5, 5.41) is 2.83. The third-order valence-electron chi connectivity index (χ3n) is 3.03. The van der Waals surface area contributed by atoms with Crippen LogP contribution in [0.15, 0.2) is 48.5 Å². The Bertz CT molecular complexity index is 594. The Balaban J connectivity index is 2.01. The van der Waals surface area contributed by atoms with Gasteiger partial charge in [0.1, 0.15) is 5.75 Å². The molecule has 1 amide bonds. The SMILES string of the molecule is CCCCOc1cccc(C(=O)Nc2ccc(N)cc2)c1. The highest BCUT2D eigenvalue weighted by Crippen LogP contribution is 2.16. The fourth-order valence-corrected chi connectivity index (χ4v) is 1.83. The molecule has 3 N–H and O–H groups in total.